The van der Waals surface area contributed by atoms with Crippen LogP contribution in [0.15, 0.2) is 31.4 Å². The summed E-state index contributed by atoms with van der Waals surface area (Å²) in [6, 6.07) is 6.27. The zero-order chi connectivity index (χ0) is 10.6. The van der Waals surface area contributed by atoms with Crippen LogP contribution in [0.1, 0.15) is 24.5 Å². The molecule has 1 aromatic rings. The lowest BCUT2D eigenvalue weighted by Gasteiger charge is -2.09. The Kier molecular flexibility index (Phi) is 3.52. The molecule has 1 N–H and O–H groups in total. The first kappa shape index (κ1) is 10.6. The minimum absolute atomic E-state index is 0.983. The highest BCUT2D eigenvalue weighted by atomic mass is 14.8. The van der Waals surface area contributed by atoms with Crippen molar-refractivity contribution in [1.29, 1.82) is 0 Å². The number of hydrogen-bond donors (Lipinski definition) is 1. The second kappa shape index (κ2) is 4.66. The van der Waals surface area contributed by atoms with Crippen molar-refractivity contribution in [3.63, 3.8) is 0 Å². The SMILES string of the molecule is C=Cc1ccc(C(=C)CC)cc1NC. The van der Waals surface area contributed by atoms with Gasteiger partial charge in [0.25, 0.3) is 0 Å². The minimum Gasteiger partial charge on any atom is -0.388 e. The van der Waals surface area contributed by atoms with Gasteiger partial charge in [-0.15, -0.1) is 0 Å². The first-order valence-electron chi connectivity index (χ1n) is 4.85. The van der Waals surface area contributed by atoms with Crippen LogP contribution in [0, 0.1) is 0 Å². The summed E-state index contributed by atoms with van der Waals surface area (Å²) in [5, 5.41) is 3.15. The number of rotatable bonds is 4. The van der Waals surface area contributed by atoms with Crippen molar-refractivity contribution in [2.24, 2.45) is 0 Å². The molecule has 74 valence electrons. The summed E-state index contributed by atoms with van der Waals surface area (Å²) >= 11 is 0. The van der Waals surface area contributed by atoms with Crippen LogP contribution < -0.4 is 5.32 Å². The van der Waals surface area contributed by atoms with Crippen molar-refractivity contribution in [3.8, 4) is 0 Å². The molecular weight excluding hydrogens is 170 g/mol. The third-order valence-electron chi connectivity index (χ3n) is 2.38. The van der Waals surface area contributed by atoms with Gasteiger partial charge in [-0.25, -0.2) is 0 Å². The van der Waals surface area contributed by atoms with Gasteiger partial charge in [-0.3, -0.25) is 0 Å². The first-order chi connectivity index (χ1) is 6.72. The lowest BCUT2D eigenvalue weighted by molar-refractivity contribution is 1.24. The number of anilines is 1. The van der Waals surface area contributed by atoms with Crippen LogP contribution in [0.5, 0.6) is 0 Å². The van der Waals surface area contributed by atoms with Gasteiger partial charge in [0.15, 0.2) is 0 Å². The quantitative estimate of drug-likeness (QED) is 0.756. The van der Waals surface area contributed by atoms with Gasteiger partial charge < -0.3 is 5.32 Å². The van der Waals surface area contributed by atoms with Gasteiger partial charge in [-0.1, -0.05) is 38.3 Å². The second-order valence-electron chi connectivity index (χ2n) is 3.21. The van der Waals surface area contributed by atoms with Crippen LogP contribution in [-0.2, 0) is 0 Å². The molecule has 0 unspecified atom stereocenters. The maximum Gasteiger partial charge on any atom is 0.0417 e. The second-order valence-corrected chi connectivity index (χ2v) is 3.21. The largest absolute Gasteiger partial charge is 0.388 e. The molecule has 14 heavy (non-hydrogen) atoms. The first-order valence-corrected chi connectivity index (χ1v) is 4.85. The molecule has 1 heteroatoms. The lowest BCUT2D eigenvalue weighted by atomic mass is 10.0. The normalized spacial score (nSPS) is 9.57. The van der Waals surface area contributed by atoms with Gasteiger partial charge in [0.2, 0.25) is 0 Å². The molecule has 0 spiro atoms. The predicted molar refractivity (Wildman–Crippen MR) is 65.4 cm³/mol. The van der Waals surface area contributed by atoms with E-state index in [2.05, 4.69) is 43.6 Å². The molecule has 0 aliphatic carbocycles. The molecule has 0 atom stereocenters. The maximum absolute atomic E-state index is 4.02. The van der Waals surface area contributed by atoms with Crippen LogP contribution in [0.25, 0.3) is 11.6 Å². The predicted octanol–water partition coefficient (Wildman–Crippen LogP) is 3.79. The molecule has 0 fully saturated rings. The topological polar surface area (TPSA) is 12.0 Å². The van der Waals surface area contributed by atoms with E-state index in [9.17, 15) is 0 Å². The van der Waals surface area contributed by atoms with E-state index in [0.717, 1.165) is 23.2 Å². The van der Waals surface area contributed by atoms with Gasteiger partial charge in [-0.05, 0) is 29.2 Å². The van der Waals surface area contributed by atoms with Crippen molar-refractivity contribution in [3.05, 3.63) is 42.5 Å². The van der Waals surface area contributed by atoms with Crippen molar-refractivity contribution in [2.75, 3.05) is 12.4 Å². The molecule has 0 bridgehead atoms. The van der Waals surface area contributed by atoms with Gasteiger partial charge in [0, 0.05) is 12.7 Å². The van der Waals surface area contributed by atoms with Crippen LogP contribution >= 0.6 is 0 Å². The van der Waals surface area contributed by atoms with E-state index in [-0.39, 0.29) is 0 Å². The average Bonchev–Trinajstić information content (AvgIpc) is 2.26. The number of benzene rings is 1. The fraction of sp³-hybridized carbons (Fsp3) is 0.231. The molecule has 0 saturated heterocycles. The van der Waals surface area contributed by atoms with Gasteiger partial charge in [0.05, 0.1) is 0 Å². The highest BCUT2D eigenvalue weighted by molar-refractivity contribution is 5.73. The molecular formula is C13H17N. The van der Waals surface area contributed by atoms with Gasteiger partial charge in [0.1, 0.15) is 0 Å². The third kappa shape index (κ3) is 2.05. The van der Waals surface area contributed by atoms with Crippen molar-refractivity contribution in [2.45, 2.75) is 13.3 Å². The molecule has 0 aliphatic heterocycles. The highest BCUT2D eigenvalue weighted by Gasteiger charge is 2.01. The van der Waals surface area contributed by atoms with E-state index in [1.165, 1.54) is 5.56 Å². The number of hydrogen-bond acceptors (Lipinski definition) is 1. The summed E-state index contributed by atoms with van der Waals surface area (Å²) in [6.07, 6.45) is 2.83. The summed E-state index contributed by atoms with van der Waals surface area (Å²) in [5.41, 5.74) is 4.59. The molecule has 0 aliphatic rings. The van der Waals surface area contributed by atoms with Gasteiger partial charge >= 0.3 is 0 Å². The summed E-state index contributed by atoms with van der Waals surface area (Å²) in [4.78, 5) is 0. The molecule has 0 saturated carbocycles. The summed E-state index contributed by atoms with van der Waals surface area (Å²) < 4.78 is 0. The molecule has 0 aromatic heterocycles. The monoisotopic (exact) mass is 187 g/mol. The van der Waals surface area contributed by atoms with E-state index in [4.69, 9.17) is 0 Å². The van der Waals surface area contributed by atoms with Crippen molar-refractivity contribution >= 4 is 17.3 Å². The fourth-order valence-corrected chi connectivity index (χ4v) is 1.37. The van der Waals surface area contributed by atoms with Crippen LogP contribution in [0.2, 0.25) is 0 Å². The fourth-order valence-electron chi connectivity index (χ4n) is 1.37. The zero-order valence-electron chi connectivity index (χ0n) is 8.93. The zero-order valence-corrected chi connectivity index (χ0v) is 8.93. The summed E-state index contributed by atoms with van der Waals surface area (Å²) in [5.74, 6) is 0. The number of nitrogens with one attached hydrogen (secondary N) is 1. The van der Waals surface area contributed by atoms with Crippen LogP contribution in [0.4, 0.5) is 5.69 Å². The minimum atomic E-state index is 0.983. The molecule has 0 heterocycles. The molecule has 1 aromatic carbocycles. The molecule has 0 radical (unpaired) electrons. The van der Waals surface area contributed by atoms with E-state index >= 15 is 0 Å². The Hall–Kier alpha value is -1.50. The Morgan fingerprint density at radius 3 is 2.71 bits per heavy atom. The Morgan fingerprint density at radius 2 is 2.21 bits per heavy atom. The Labute approximate surface area is 86.2 Å². The molecule has 1 rings (SSSR count). The van der Waals surface area contributed by atoms with E-state index < -0.39 is 0 Å². The lowest BCUT2D eigenvalue weighted by Crippen LogP contribution is -1.93. The smallest absolute Gasteiger partial charge is 0.0417 e. The Bertz CT molecular complexity index is 350. The van der Waals surface area contributed by atoms with Crippen LogP contribution in [0.3, 0.4) is 0 Å². The van der Waals surface area contributed by atoms with E-state index in [0.29, 0.717) is 0 Å². The molecule has 0 amide bonds. The number of allylic oxidation sites excluding steroid dienone is 1. The standard InChI is InChI=1S/C13H17N/c1-5-10(3)12-8-7-11(6-2)13(9-12)14-4/h6-9,14H,2-3,5H2,1,4H3. The van der Waals surface area contributed by atoms with Crippen molar-refractivity contribution < 1.29 is 0 Å². The van der Waals surface area contributed by atoms with Crippen LogP contribution in [-0.4, -0.2) is 7.05 Å². The Balaban J connectivity index is 3.13. The van der Waals surface area contributed by atoms with Gasteiger partial charge in [-0.2, -0.15) is 0 Å². The average molecular weight is 187 g/mol. The maximum atomic E-state index is 4.02. The molecule has 1 nitrogen and oxygen atoms in total. The van der Waals surface area contributed by atoms with E-state index in [1.807, 2.05) is 13.1 Å². The third-order valence-corrected chi connectivity index (χ3v) is 2.38. The summed E-state index contributed by atoms with van der Waals surface area (Å²) in [7, 11) is 1.92. The summed E-state index contributed by atoms with van der Waals surface area (Å²) in [6.45, 7) is 9.91. The highest BCUT2D eigenvalue weighted by Crippen LogP contribution is 2.23. The van der Waals surface area contributed by atoms with E-state index in [1.54, 1.807) is 0 Å². The Morgan fingerprint density at radius 1 is 1.50 bits per heavy atom. The van der Waals surface area contributed by atoms with Crippen molar-refractivity contribution in [1.82, 2.24) is 0 Å².